The van der Waals surface area contributed by atoms with E-state index in [-0.39, 0.29) is 12.2 Å². The molecule has 0 unspecified atom stereocenters. The molecule has 0 aliphatic rings. The van der Waals surface area contributed by atoms with Crippen LogP contribution in [0.15, 0.2) is 23.0 Å². The van der Waals surface area contributed by atoms with Gasteiger partial charge in [-0.1, -0.05) is 11.6 Å². The second-order valence-electron chi connectivity index (χ2n) is 4.18. The topological polar surface area (TPSA) is 73.4 Å². The van der Waals surface area contributed by atoms with E-state index in [9.17, 15) is 4.79 Å². The summed E-state index contributed by atoms with van der Waals surface area (Å²) >= 11 is 6.31. The second-order valence-corrected chi connectivity index (χ2v) is 4.56. The summed E-state index contributed by atoms with van der Waals surface area (Å²) in [5.74, 6) is 1.23. The Morgan fingerprint density at radius 1 is 1.24 bits per heavy atom. The van der Waals surface area contributed by atoms with Crippen LogP contribution < -0.4 is 15.0 Å². The summed E-state index contributed by atoms with van der Waals surface area (Å²) in [4.78, 5) is 18.7. The molecule has 0 amide bonds. The van der Waals surface area contributed by atoms with E-state index in [2.05, 4.69) is 9.97 Å². The van der Waals surface area contributed by atoms with Crippen LogP contribution >= 0.6 is 11.6 Å². The number of nitrogens with zero attached hydrogens (tertiary/aromatic N) is 1. The third kappa shape index (κ3) is 3.17. The van der Waals surface area contributed by atoms with Crippen LogP contribution in [0, 0.1) is 0 Å². The van der Waals surface area contributed by atoms with E-state index < -0.39 is 0 Å². The second kappa shape index (κ2) is 6.60. The number of hydrogen-bond donors (Lipinski definition) is 1. The molecule has 0 radical (unpaired) electrons. The fourth-order valence-corrected chi connectivity index (χ4v) is 2.25. The number of ether oxygens (including phenoxy) is 3. The minimum atomic E-state index is -0.280. The highest BCUT2D eigenvalue weighted by molar-refractivity contribution is 6.35. The largest absolute Gasteiger partial charge is 0.493 e. The van der Waals surface area contributed by atoms with Gasteiger partial charge in [0.15, 0.2) is 11.5 Å². The average Bonchev–Trinajstić information content (AvgIpc) is 2.46. The van der Waals surface area contributed by atoms with Crippen molar-refractivity contribution in [1.82, 2.24) is 9.97 Å². The molecule has 6 nitrogen and oxygen atoms in total. The van der Waals surface area contributed by atoms with Gasteiger partial charge in [0.1, 0.15) is 5.82 Å². The summed E-state index contributed by atoms with van der Waals surface area (Å²) in [7, 11) is 4.55. The van der Waals surface area contributed by atoms with Crippen LogP contribution in [0.5, 0.6) is 11.5 Å². The number of methoxy groups -OCH3 is 3. The third-order valence-corrected chi connectivity index (χ3v) is 3.20. The summed E-state index contributed by atoms with van der Waals surface area (Å²) in [6.07, 6.45) is 0. The number of rotatable bonds is 5. The van der Waals surface area contributed by atoms with Gasteiger partial charge in [0, 0.05) is 18.7 Å². The Bertz CT molecular complexity index is 700. The third-order valence-electron chi connectivity index (χ3n) is 2.83. The van der Waals surface area contributed by atoms with Gasteiger partial charge in [-0.3, -0.25) is 4.79 Å². The maximum absolute atomic E-state index is 11.7. The maximum Gasteiger partial charge on any atom is 0.251 e. The molecule has 0 saturated carbocycles. The number of nitrogens with one attached hydrogen (secondary N) is 1. The fourth-order valence-electron chi connectivity index (χ4n) is 1.93. The zero-order chi connectivity index (χ0) is 15.4. The molecule has 112 valence electrons. The molecule has 0 aliphatic heterocycles. The lowest BCUT2D eigenvalue weighted by atomic mass is 10.1. The van der Waals surface area contributed by atoms with E-state index >= 15 is 0 Å². The van der Waals surface area contributed by atoms with E-state index in [1.165, 1.54) is 27.4 Å². The lowest BCUT2D eigenvalue weighted by Crippen LogP contribution is -2.11. The normalized spacial score (nSPS) is 10.5. The van der Waals surface area contributed by atoms with Crippen LogP contribution in [0.4, 0.5) is 0 Å². The van der Waals surface area contributed by atoms with Crippen molar-refractivity contribution in [3.8, 4) is 22.9 Å². The molecule has 0 bridgehead atoms. The van der Waals surface area contributed by atoms with Gasteiger partial charge in [-0.15, -0.1) is 0 Å². The molecule has 1 aromatic carbocycles. The van der Waals surface area contributed by atoms with Gasteiger partial charge in [-0.2, -0.15) is 0 Å². The molecule has 0 aliphatic carbocycles. The van der Waals surface area contributed by atoms with Crippen LogP contribution in [0.3, 0.4) is 0 Å². The minimum absolute atomic E-state index is 0.238. The first-order valence-corrected chi connectivity index (χ1v) is 6.48. The highest BCUT2D eigenvalue weighted by Gasteiger charge is 2.16. The van der Waals surface area contributed by atoms with Crippen LogP contribution in [0.25, 0.3) is 11.4 Å². The van der Waals surface area contributed by atoms with Gasteiger partial charge in [0.2, 0.25) is 0 Å². The van der Waals surface area contributed by atoms with Crippen molar-refractivity contribution in [2.75, 3.05) is 21.3 Å². The van der Waals surface area contributed by atoms with E-state index in [1.54, 1.807) is 12.1 Å². The Morgan fingerprint density at radius 2 is 2.00 bits per heavy atom. The van der Waals surface area contributed by atoms with Gasteiger partial charge in [-0.25, -0.2) is 4.98 Å². The molecule has 0 spiro atoms. The molecule has 1 aromatic heterocycles. The Hall–Kier alpha value is -2.05. The van der Waals surface area contributed by atoms with Gasteiger partial charge in [0.05, 0.1) is 31.5 Å². The molecule has 0 atom stereocenters. The zero-order valence-corrected chi connectivity index (χ0v) is 12.7. The Morgan fingerprint density at radius 3 is 2.62 bits per heavy atom. The minimum Gasteiger partial charge on any atom is -0.493 e. The summed E-state index contributed by atoms with van der Waals surface area (Å²) in [6, 6.07) is 4.78. The summed E-state index contributed by atoms with van der Waals surface area (Å²) in [6.45, 7) is 0.238. The Balaban J connectivity index is 2.59. The van der Waals surface area contributed by atoms with Crippen molar-refractivity contribution >= 4 is 11.6 Å². The quantitative estimate of drug-likeness (QED) is 0.917. The number of benzene rings is 1. The maximum atomic E-state index is 11.7. The summed E-state index contributed by atoms with van der Waals surface area (Å²) in [5.41, 5.74) is 0.782. The number of halogens is 1. The fraction of sp³-hybridized carbons (Fsp3) is 0.286. The number of aromatic amines is 1. The van der Waals surface area contributed by atoms with Gasteiger partial charge < -0.3 is 19.2 Å². The van der Waals surface area contributed by atoms with E-state index in [4.69, 9.17) is 25.8 Å². The van der Waals surface area contributed by atoms with Gasteiger partial charge >= 0.3 is 0 Å². The van der Waals surface area contributed by atoms with E-state index in [0.717, 1.165) is 0 Å². The van der Waals surface area contributed by atoms with Crippen molar-refractivity contribution in [2.24, 2.45) is 0 Å². The van der Waals surface area contributed by atoms with Crippen LogP contribution in [0.2, 0.25) is 5.02 Å². The Kier molecular flexibility index (Phi) is 4.82. The standard InChI is InChI=1S/C14H15ClN2O4/c1-19-7-8-6-11(18)17-14(16-8)9-4-5-10(20-2)13(21-3)12(9)15/h4-6H,7H2,1-3H3,(H,16,17,18). The van der Waals surface area contributed by atoms with Crippen molar-refractivity contribution in [3.05, 3.63) is 39.3 Å². The molecule has 2 rings (SSSR count). The van der Waals surface area contributed by atoms with Gasteiger partial charge in [-0.05, 0) is 12.1 Å². The molecular formula is C14H15ClN2O4. The van der Waals surface area contributed by atoms with Crippen molar-refractivity contribution in [1.29, 1.82) is 0 Å². The highest BCUT2D eigenvalue weighted by Crippen LogP contribution is 2.40. The lowest BCUT2D eigenvalue weighted by Gasteiger charge is -2.12. The van der Waals surface area contributed by atoms with E-state index in [0.29, 0.717) is 33.6 Å². The number of hydrogen-bond acceptors (Lipinski definition) is 5. The first kappa shape index (κ1) is 15.3. The molecule has 0 fully saturated rings. The predicted molar refractivity (Wildman–Crippen MR) is 79.1 cm³/mol. The zero-order valence-electron chi connectivity index (χ0n) is 11.9. The smallest absolute Gasteiger partial charge is 0.251 e. The number of aromatic nitrogens is 2. The SMILES string of the molecule is COCc1cc(=O)[nH]c(-c2ccc(OC)c(OC)c2Cl)n1. The Labute approximate surface area is 126 Å². The molecule has 2 aromatic rings. The van der Waals surface area contributed by atoms with Crippen molar-refractivity contribution < 1.29 is 14.2 Å². The molecular weight excluding hydrogens is 296 g/mol. The average molecular weight is 311 g/mol. The number of H-pyrrole nitrogens is 1. The molecule has 1 heterocycles. The first-order valence-electron chi connectivity index (χ1n) is 6.10. The monoisotopic (exact) mass is 310 g/mol. The first-order chi connectivity index (χ1) is 10.1. The molecule has 0 saturated heterocycles. The molecule has 7 heteroatoms. The predicted octanol–water partition coefficient (Wildman–Crippen LogP) is 2.25. The lowest BCUT2D eigenvalue weighted by molar-refractivity contribution is 0.181. The van der Waals surface area contributed by atoms with Crippen LogP contribution in [-0.4, -0.2) is 31.3 Å². The van der Waals surface area contributed by atoms with Gasteiger partial charge in [0.25, 0.3) is 5.56 Å². The van der Waals surface area contributed by atoms with Crippen molar-refractivity contribution in [3.63, 3.8) is 0 Å². The summed E-state index contributed by atoms with van der Waals surface area (Å²) < 4.78 is 15.4. The van der Waals surface area contributed by atoms with Crippen molar-refractivity contribution in [2.45, 2.75) is 6.61 Å². The van der Waals surface area contributed by atoms with Crippen LogP contribution in [0.1, 0.15) is 5.69 Å². The summed E-state index contributed by atoms with van der Waals surface area (Å²) in [5, 5.41) is 0.314. The van der Waals surface area contributed by atoms with E-state index in [1.807, 2.05) is 0 Å². The molecule has 21 heavy (non-hydrogen) atoms. The molecule has 1 N–H and O–H groups in total. The van der Waals surface area contributed by atoms with Crippen LogP contribution in [-0.2, 0) is 11.3 Å². The highest BCUT2D eigenvalue weighted by atomic mass is 35.5.